The fourth-order valence-corrected chi connectivity index (χ4v) is 2.21. The van der Waals surface area contributed by atoms with E-state index in [2.05, 4.69) is 25.9 Å². The van der Waals surface area contributed by atoms with Crippen LogP contribution in [0.25, 0.3) is 5.82 Å². The molecule has 1 fully saturated rings. The third kappa shape index (κ3) is 3.47. The Labute approximate surface area is 128 Å². The maximum Gasteiger partial charge on any atom is 0.417 e. The van der Waals surface area contributed by atoms with E-state index in [1.54, 1.807) is 0 Å². The minimum atomic E-state index is -4.45. The first kappa shape index (κ1) is 15.4. The zero-order valence-electron chi connectivity index (χ0n) is 11.8. The molecule has 1 amide bonds. The Bertz CT molecular complexity index is 690. The van der Waals surface area contributed by atoms with Crippen molar-refractivity contribution in [1.82, 2.24) is 30.6 Å². The summed E-state index contributed by atoms with van der Waals surface area (Å²) in [6, 6.07) is 2.10. The van der Waals surface area contributed by atoms with Crippen LogP contribution in [0.3, 0.4) is 0 Å². The first-order chi connectivity index (χ1) is 10.9. The van der Waals surface area contributed by atoms with Crippen LogP contribution in [0.5, 0.6) is 0 Å². The minimum Gasteiger partial charge on any atom is -0.347 e. The molecule has 2 aromatic rings. The Morgan fingerprint density at radius 3 is 2.83 bits per heavy atom. The molecule has 1 atom stereocenters. The van der Waals surface area contributed by atoms with Crippen LogP contribution in [0.1, 0.15) is 22.5 Å². The van der Waals surface area contributed by atoms with Crippen LogP contribution < -0.4 is 10.6 Å². The molecule has 1 aliphatic rings. The molecule has 10 heteroatoms. The van der Waals surface area contributed by atoms with Gasteiger partial charge in [0.05, 0.1) is 11.8 Å². The Kier molecular flexibility index (Phi) is 3.99. The van der Waals surface area contributed by atoms with Gasteiger partial charge in [0, 0.05) is 18.8 Å². The number of carbonyl (C=O) groups excluding carboxylic acids is 1. The summed E-state index contributed by atoms with van der Waals surface area (Å²) in [6.07, 6.45) is -1.58. The molecule has 2 aromatic heterocycles. The number of alkyl halides is 3. The van der Waals surface area contributed by atoms with Crippen LogP contribution in [0.15, 0.2) is 24.5 Å². The molecule has 122 valence electrons. The number of halogens is 3. The fraction of sp³-hybridized carbons (Fsp3) is 0.385. The predicted molar refractivity (Wildman–Crippen MR) is 72.9 cm³/mol. The highest BCUT2D eigenvalue weighted by Gasteiger charge is 2.30. The number of amides is 1. The second kappa shape index (κ2) is 5.95. The monoisotopic (exact) mass is 326 g/mol. The summed E-state index contributed by atoms with van der Waals surface area (Å²) < 4.78 is 38.6. The van der Waals surface area contributed by atoms with E-state index in [1.807, 2.05) is 0 Å². The highest BCUT2D eigenvalue weighted by molar-refractivity contribution is 5.92. The molecule has 2 N–H and O–H groups in total. The lowest BCUT2D eigenvalue weighted by Crippen LogP contribution is -2.36. The summed E-state index contributed by atoms with van der Waals surface area (Å²) in [5, 5.41) is 13.4. The van der Waals surface area contributed by atoms with Gasteiger partial charge in [-0.15, -0.1) is 5.10 Å². The number of pyridine rings is 1. The third-order valence-corrected chi connectivity index (χ3v) is 3.43. The number of aromatic nitrogens is 4. The number of hydrogen-bond acceptors (Lipinski definition) is 5. The van der Waals surface area contributed by atoms with E-state index in [9.17, 15) is 18.0 Å². The summed E-state index contributed by atoms with van der Waals surface area (Å²) in [6.45, 7) is 1.54. The lowest BCUT2D eigenvalue weighted by Gasteiger charge is -2.08. The summed E-state index contributed by atoms with van der Waals surface area (Å²) in [7, 11) is 0. The lowest BCUT2D eigenvalue weighted by molar-refractivity contribution is -0.137. The third-order valence-electron chi connectivity index (χ3n) is 3.43. The maximum absolute atomic E-state index is 12.5. The highest BCUT2D eigenvalue weighted by atomic mass is 19.4. The lowest BCUT2D eigenvalue weighted by atomic mass is 10.2. The van der Waals surface area contributed by atoms with E-state index in [0.717, 1.165) is 23.7 Å². The summed E-state index contributed by atoms with van der Waals surface area (Å²) in [4.78, 5) is 15.7. The molecule has 0 aromatic carbocycles. The molecule has 1 aliphatic heterocycles. The Morgan fingerprint density at radius 1 is 1.39 bits per heavy atom. The largest absolute Gasteiger partial charge is 0.417 e. The Hall–Kier alpha value is -2.49. The van der Waals surface area contributed by atoms with Crippen molar-refractivity contribution in [3.8, 4) is 5.82 Å². The average molecular weight is 326 g/mol. The summed E-state index contributed by atoms with van der Waals surface area (Å²) in [5.74, 6) is -0.232. The number of hydrogen-bond donors (Lipinski definition) is 2. The quantitative estimate of drug-likeness (QED) is 0.870. The SMILES string of the molecule is O=C(NC1CCNC1)c1cn(-c2ccc(C(F)(F)F)cn2)nn1. The van der Waals surface area contributed by atoms with Crippen LogP contribution in [0.2, 0.25) is 0 Å². The standard InChI is InChI=1S/C13H13F3N6O/c14-13(15,16)8-1-2-11(18-5-8)22-7-10(20-21-22)12(23)19-9-3-4-17-6-9/h1-2,5,7,9,17H,3-4,6H2,(H,19,23). The number of carbonyl (C=O) groups is 1. The normalized spacial score (nSPS) is 18.1. The van der Waals surface area contributed by atoms with Gasteiger partial charge in [0.25, 0.3) is 5.91 Å². The molecule has 1 unspecified atom stereocenters. The molecule has 1 saturated heterocycles. The van der Waals surface area contributed by atoms with Crippen molar-refractivity contribution in [3.05, 3.63) is 35.8 Å². The van der Waals surface area contributed by atoms with Crippen LogP contribution >= 0.6 is 0 Å². The molecule has 23 heavy (non-hydrogen) atoms. The fourth-order valence-electron chi connectivity index (χ4n) is 2.21. The van der Waals surface area contributed by atoms with Gasteiger partial charge in [-0.25, -0.2) is 9.67 Å². The van der Waals surface area contributed by atoms with Crippen molar-refractivity contribution < 1.29 is 18.0 Å². The molecular weight excluding hydrogens is 313 g/mol. The van der Waals surface area contributed by atoms with Crippen LogP contribution in [-0.2, 0) is 6.18 Å². The van der Waals surface area contributed by atoms with Gasteiger partial charge in [-0.2, -0.15) is 13.2 Å². The molecule has 3 heterocycles. The zero-order chi connectivity index (χ0) is 16.4. The van der Waals surface area contributed by atoms with E-state index in [0.29, 0.717) is 12.7 Å². The van der Waals surface area contributed by atoms with Crippen molar-refractivity contribution in [1.29, 1.82) is 0 Å². The number of nitrogens with one attached hydrogen (secondary N) is 2. The molecule has 3 rings (SSSR count). The first-order valence-corrected chi connectivity index (χ1v) is 6.91. The second-order valence-electron chi connectivity index (χ2n) is 5.11. The molecule has 0 aliphatic carbocycles. The second-order valence-corrected chi connectivity index (χ2v) is 5.11. The topological polar surface area (TPSA) is 84.7 Å². The van der Waals surface area contributed by atoms with E-state index in [1.165, 1.54) is 12.3 Å². The van der Waals surface area contributed by atoms with Crippen molar-refractivity contribution in [2.24, 2.45) is 0 Å². The van der Waals surface area contributed by atoms with Gasteiger partial charge < -0.3 is 10.6 Å². The van der Waals surface area contributed by atoms with Gasteiger partial charge in [0.15, 0.2) is 11.5 Å². The molecule has 0 radical (unpaired) electrons. The molecule has 0 bridgehead atoms. The Morgan fingerprint density at radius 2 is 2.22 bits per heavy atom. The van der Waals surface area contributed by atoms with Crippen molar-refractivity contribution in [2.45, 2.75) is 18.6 Å². The molecule has 7 nitrogen and oxygen atoms in total. The van der Waals surface area contributed by atoms with Gasteiger partial charge in [-0.3, -0.25) is 4.79 Å². The van der Waals surface area contributed by atoms with Crippen molar-refractivity contribution in [3.63, 3.8) is 0 Å². The smallest absolute Gasteiger partial charge is 0.347 e. The van der Waals surface area contributed by atoms with Gasteiger partial charge in [0.2, 0.25) is 0 Å². The number of rotatable bonds is 3. The van der Waals surface area contributed by atoms with E-state index >= 15 is 0 Å². The van der Waals surface area contributed by atoms with Crippen molar-refractivity contribution >= 4 is 5.91 Å². The maximum atomic E-state index is 12.5. The molecule has 0 saturated carbocycles. The zero-order valence-corrected chi connectivity index (χ0v) is 11.8. The van der Waals surface area contributed by atoms with Gasteiger partial charge in [0.1, 0.15) is 0 Å². The summed E-state index contributed by atoms with van der Waals surface area (Å²) in [5.41, 5.74) is -0.772. The summed E-state index contributed by atoms with van der Waals surface area (Å²) >= 11 is 0. The van der Waals surface area contributed by atoms with E-state index < -0.39 is 11.7 Å². The Balaban J connectivity index is 1.72. The van der Waals surface area contributed by atoms with Crippen LogP contribution in [0.4, 0.5) is 13.2 Å². The van der Waals surface area contributed by atoms with Gasteiger partial charge in [-0.1, -0.05) is 5.21 Å². The molecular formula is C13H13F3N6O. The van der Waals surface area contributed by atoms with Crippen molar-refractivity contribution in [2.75, 3.05) is 13.1 Å². The van der Waals surface area contributed by atoms with Crippen LogP contribution in [-0.4, -0.2) is 45.0 Å². The van der Waals surface area contributed by atoms with Gasteiger partial charge >= 0.3 is 6.18 Å². The molecule has 0 spiro atoms. The highest BCUT2D eigenvalue weighted by Crippen LogP contribution is 2.28. The van der Waals surface area contributed by atoms with Gasteiger partial charge in [-0.05, 0) is 25.1 Å². The number of nitrogens with zero attached hydrogens (tertiary/aromatic N) is 4. The first-order valence-electron chi connectivity index (χ1n) is 6.91. The van der Waals surface area contributed by atoms with Crippen LogP contribution in [0, 0.1) is 0 Å². The van der Waals surface area contributed by atoms with E-state index in [-0.39, 0.29) is 23.5 Å². The minimum absolute atomic E-state index is 0.0387. The average Bonchev–Trinajstić information content (AvgIpc) is 3.17. The predicted octanol–water partition coefficient (Wildman–Crippen LogP) is 0.773. The van der Waals surface area contributed by atoms with E-state index in [4.69, 9.17) is 0 Å².